The fourth-order valence-corrected chi connectivity index (χ4v) is 3.95. The molecule has 2 aromatic rings. The first kappa shape index (κ1) is 17.7. The van der Waals surface area contributed by atoms with E-state index in [1.54, 1.807) is 19.2 Å². The molecule has 0 amide bonds. The van der Waals surface area contributed by atoms with Crippen molar-refractivity contribution >= 4 is 21.5 Å². The summed E-state index contributed by atoms with van der Waals surface area (Å²) in [5.41, 5.74) is 1.86. The van der Waals surface area contributed by atoms with Gasteiger partial charge in [-0.05, 0) is 36.8 Å². The zero-order valence-corrected chi connectivity index (χ0v) is 15.0. The van der Waals surface area contributed by atoms with Gasteiger partial charge in [0.05, 0.1) is 26.0 Å². The Kier molecular flexibility index (Phi) is 5.22. The zero-order valence-electron chi connectivity index (χ0n) is 14.2. The molecular formula is C17H21N3O4S. The Hall–Kier alpha value is -2.16. The van der Waals surface area contributed by atoms with Crippen LogP contribution in [0.2, 0.25) is 0 Å². The first-order valence-corrected chi connectivity index (χ1v) is 9.40. The van der Waals surface area contributed by atoms with Gasteiger partial charge in [0, 0.05) is 19.3 Å². The topological polar surface area (TPSA) is 80.8 Å². The summed E-state index contributed by atoms with van der Waals surface area (Å²) in [5, 5.41) is 3.16. The highest BCUT2D eigenvalue weighted by Gasteiger charge is 2.26. The van der Waals surface area contributed by atoms with Crippen LogP contribution in [-0.2, 0) is 14.8 Å². The lowest BCUT2D eigenvalue weighted by Gasteiger charge is -2.25. The van der Waals surface area contributed by atoms with Gasteiger partial charge in [-0.3, -0.25) is 0 Å². The Morgan fingerprint density at radius 3 is 2.60 bits per heavy atom. The molecule has 7 nitrogen and oxygen atoms in total. The molecule has 1 aliphatic rings. The third-order valence-electron chi connectivity index (χ3n) is 3.96. The molecule has 2 heterocycles. The third kappa shape index (κ3) is 3.92. The number of sulfonamides is 1. The van der Waals surface area contributed by atoms with Crippen LogP contribution < -0.4 is 10.1 Å². The standard InChI is InChI=1S/C17H21N3O4S/c1-13-3-5-16(23-2)15(11-13)19-17-6-4-14(12-18-17)25(21,22)20-7-9-24-10-8-20/h3-6,11-12H,7-10H2,1-2H3,(H,18,19). The molecule has 0 spiro atoms. The van der Waals surface area contributed by atoms with Crippen molar-refractivity contribution in [3.8, 4) is 5.75 Å². The number of pyridine rings is 1. The summed E-state index contributed by atoms with van der Waals surface area (Å²) in [6, 6.07) is 8.97. The minimum absolute atomic E-state index is 0.177. The number of aryl methyl sites for hydroxylation is 1. The van der Waals surface area contributed by atoms with Crippen molar-refractivity contribution in [3.05, 3.63) is 42.1 Å². The summed E-state index contributed by atoms with van der Waals surface area (Å²) in [6.07, 6.45) is 1.37. The van der Waals surface area contributed by atoms with Crippen molar-refractivity contribution in [2.75, 3.05) is 38.7 Å². The summed E-state index contributed by atoms with van der Waals surface area (Å²) in [6.45, 7) is 3.54. The molecule has 1 N–H and O–H groups in total. The molecule has 0 radical (unpaired) electrons. The second-order valence-corrected chi connectivity index (χ2v) is 7.66. The van der Waals surface area contributed by atoms with E-state index < -0.39 is 10.0 Å². The summed E-state index contributed by atoms with van der Waals surface area (Å²) >= 11 is 0. The number of aromatic nitrogens is 1. The van der Waals surface area contributed by atoms with Crippen LogP contribution in [0.15, 0.2) is 41.4 Å². The molecule has 25 heavy (non-hydrogen) atoms. The quantitative estimate of drug-likeness (QED) is 0.877. The van der Waals surface area contributed by atoms with E-state index in [0.29, 0.717) is 37.9 Å². The highest BCUT2D eigenvalue weighted by Crippen LogP contribution is 2.28. The molecule has 0 unspecified atom stereocenters. The van der Waals surface area contributed by atoms with Gasteiger partial charge in [0.25, 0.3) is 0 Å². The third-order valence-corrected chi connectivity index (χ3v) is 5.84. The monoisotopic (exact) mass is 363 g/mol. The lowest BCUT2D eigenvalue weighted by Crippen LogP contribution is -2.40. The number of methoxy groups -OCH3 is 1. The summed E-state index contributed by atoms with van der Waals surface area (Å²) in [7, 11) is -1.93. The molecule has 8 heteroatoms. The van der Waals surface area contributed by atoms with Gasteiger partial charge < -0.3 is 14.8 Å². The zero-order chi connectivity index (χ0) is 17.9. The molecule has 1 aromatic carbocycles. The molecule has 1 aromatic heterocycles. The Balaban J connectivity index is 1.80. The van der Waals surface area contributed by atoms with Gasteiger partial charge in [0.1, 0.15) is 16.5 Å². The average molecular weight is 363 g/mol. The molecule has 1 aliphatic heterocycles. The van der Waals surface area contributed by atoms with E-state index in [2.05, 4.69) is 10.3 Å². The van der Waals surface area contributed by atoms with Gasteiger partial charge in [0.2, 0.25) is 10.0 Å². The maximum atomic E-state index is 12.6. The number of nitrogens with one attached hydrogen (secondary N) is 1. The summed E-state index contributed by atoms with van der Waals surface area (Å²) < 4.78 is 37.1. The van der Waals surface area contributed by atoms with Gasteiger partial charge in [-0.2, -0.15) is 4.31 Å². The lowest BCUT2D eigenvalue weighted by atomic mass is 10.2. The van der Waals surface area contributed by atoms with E-state index in [0.717, 1.165) is 11.3 Å². The van der Waals surface area contributed by atoms with Crippen molar-refractivity contribution in [1.82, 2.24) is 9.29 Å². The van der Waals surface area contributed by atoms with Crippen LogP contribution in [0.25, 0.3) is 0 Å². The fraction of sp³-hybridized carbons (Fsp3) is 0.353. The van der Waals surface area contributed by atoms with Crippen LogP contribution in [0, 0.1) is 6.92 Å². The Morgan fingerprint density at radius 1 is 1.20 bits per heavy atom. The largest absolute Gasteiger partial charge is 0.495 e. The van der Waals surface area contributed by atoms with Gasteiger partial charge in [-0.15, -0.1) is 0 Å². The van der Waals surface area contributed by atoms with Crippen LogP contribution >= 0.6 is 0 Å². The minimum atomic E-state index is -3.53. The first-order valence-electron chi connectivity index (χ1n) is 7.96. The molecule has 1 saturated heterocycles. The molecular weight excluding hydrogens is 342 g/mol. The minimum Gasteiger partial charge on any atom is -0.495 e. The van der Waals surface area contributed by atoms with E-state index in [9.17, 15) is 8.42 Å². The van der Waals surface area contributed by atoms with Crippen molar-refractivity contribution < 1.29 is 17.9 Å². The van der Waals surface area contributed by atoms with Crippen molar-refractivity contribution in [2.45, 2.75) is 11.8 Å². The fourth-order valence-electron chi connectivity index (χ4n) is 2.60. The molecule has 0 aliphatic carbocycles. The maximum absolute atomic E-state index is 12.6. The Morgan fingerprint density at radius 2 is 1.96 bits per heavy atom. The average Bonchev–Trinajstić information content (AvgIpc) is 2.63. The van der Waals surface area contributed by atoms with Gasteiger partial charge >= 0.3 is 0 Å². The highest BCUT2D eigenvalue weighted by molar-refractivity contribution is 7.89. The summed E-state index contributed by atoms with van der Waals surface area (Å²) in [4.78, 5) is 4.41. The van der Waals surface area contributed by atoms with Crippen LogP contribution in [-0.4, -0.2) is 51.1 Å². The smallest absolute Gasteiger partial charge is 0.244 e. The molecule has 0 saturated carbocycles. The van der Waals surface area contributed by atoms with Crippen LogP contribution in [0.4, 0.5) is 11.5 Å². The predicted octanol–water partition coefficient (Wildman–Crippen LogP) is 2.16. The van der Waals surface area contributed by atoms with Gasteiger partial charge in [-0.1, -0.05) is 6.07 Å². The van der Waals surface area contributed by atoms with Gasteiger partial charge in [0.15, 0.2) is 0 Å². The van der Waals surface area contributed by atoms with Crippen molar-refractivity contribution in [2.24, 2.45) is 0 Å². The van der Waals surface area contributed by atoms with Crippen molar-refractivity contribution in [1.29, 1.82) is 0 Å². The number of morpholine rings is 1. The predicted molar refractivity (Wildman–Crippen MR) is 94.8 cm³/mol. The SMILES string of the molecule is COc1ccc(C)cc1Nc1ccc(S(=O)(=O)N2CCOCC2)cn1. The number of rotatable bonds is 5. The number of nitrogens with zero attached hydrogens (tertiary/aromatic N) is 2. The van der Waals surface area contributed by atoms with E-state index >= 15 is 0 Å². The molecule has 3 rings (SSSR count). The first-order chi connectivity index (χ1) is 12.0. The maximum Gasteiger partial charge on any atom is 0.244 e. The second-order valence-electron chi connectivity index (χ2n) is 5.72. The van der Waals surface area contributed by atoms with Crippen LogP contribution in [0.5, 0.6) is 5.75 Å². The van der Waals surface area contributed by atoms with Crippen LogP contribution in [0.3, 0.4) is 0 Å². The number of ether oxygens (including phenoxy) is 2. The molecule has 1 fully saturated rings. The molecule has 134 valence electrons. The Labute approximate surface area is 147 Å². The van der Waals surface area contributed by atoms with Gasteiger partial charge in [-0.25, -0.2) is 13.4 Å². The van der Waals surface area contributed by atoms with E-state index in [1.807, 2.05) is 25.1 Å². The van der Waals surface area contributed by atoms with Crippen LogP contribution in [0.1, 0.15) is 5.56 Å². The highest BCUT2D eigenvalue weighted by atomic mass is 32.2. The van der Waals surface area contributed by atoms with E-state index in [-0.39, 0.29) is 4.90 Å². The summed E-state index contributed by atoms with van der Waals surface area (Å²) in [5.74, 6) is 1.24. The molecule has 0 bridgehead atoms. The molecule has 0 atom stereocenters. The number of anilines is 2. The van der Waals surface area contributed by atoms with E-state index in [4.69, 9.17) is 9.47 Å². The Bertz CT molecular complexity index is 831. The number of hydrogen-bond donors (Lipinski definition) is 1. The lowest BCUT2D eigenvalue weighted by molar-refractivity contribution is 0.0730. The number of hydrogen-bond acceptors (Lipinski definition) is 6. The normalized spacial score (nSPS) is 15.8. The van der Waals surface area contributed by atoms with E-state index in [1.165, 1.54) is 10.5 Å². The number of benzene rings is 1. The van der Waals surface area contributed by atoms with Crippen molar-refractivity contribution in [3.63, 3.8) is 0 Å². The second kappa shape index (κ2) is 7.38.